The normalized spacial score (nSPS) is 12.7. The summed E-state index contributed by atoms with van der Waals surface area (Å²) in [6.07, 6.45) is 4.93. The van der Waals surface area contributed by atoms with Gasteiger partial charge in [0.15, 0.2) is 5.65 Å². The van der Waals surface area contributed by atoms with Crippen LogP contribution in [0.1, 0.15) is 36.9 Å². The minimum atomic E-state index is -0.844. The number of aromatic nitrogens is 5. The maximum absolute atomic E-state index is 12.1. The highest BCUT2D eigenvalue weighted by molar-refractivity contribution is 5.94. The Kier molecular flexibility index (Phi) is 4.14. The summed E-state index contributed by atoms with van der Waals surface area (Å²) in [7, 11) is 1.84. The molecule has 0 saturated carbocycles. The van der Waals surface area contributed by atoms with Gasteiger partial charge in [-0.05, 0) is 25.5 Å². The maximum atomic E-state index is 12.1. The van der Waals surface area contributed by atoms with Crippen LogP contribution in [0.2, 0.25) is 0 Å². The van der Waals surface area contributed by atoms with Gasteiger partial charge < -0.3 is 5.11 Å². The van der Waals surface area contributed by atoms with E-state index in [0.29, 0.717) is 17.7 Å². The van der Waals surface area contributed by atoms with Gasteiger partial charge in [-0.3, -0.25) is 9.48 Å². The second-order valence-corrected chi connectivity index (χ2v) is 6.79. The monoisotopic (exact) mass is 363 g/mol. The van der Waals surface area contributed by atoms with Crippen molar-refractivity contribution in [3.05, 3.63) is 47.9 Å². The Morgan fingerprint density at radius 1 is 1.30 bits per heavy atom. The average Bonchev–Trinajstić information content (AvgIpc) is 3.22. The molecule has 0 aliphatic carbocycles. The fourth-order valence-corrected chi connectivity index (χ4v) is 3.71. The first-order valence-electron chi connectivity index (χ1n) is 9.01. The van der Waals surface area contributed by atoms with Gasteiger partial charge in [0, 0.05) is 35.5 Å². The predicted molar refractivity (Wildman–Crippen MR) is 103 cm³/mol. The molecule has 1 unspecified atom stereocenters. The van der Waals surface area contributed by atoms with Gasteiger partial charge in [0.05, 0.1) is 23.3 Å². The van der Waals surface area contributed by atoms with Gasteiger partial charge in [0.25, 0.3) is 0 Å². The molecular formula is C20H21N5O2. The van der Waals surface area contributed by atoms with E-state index < -0.39 is 11.9 Å². The van der Waals surface area contributed by atoms with E-state index in [1.165, 1.54) is 0 Å². The number of nitrogens with zero attached hydrogens (tertiary/aromatic N) is 5. The number of aryl methyl sites for hydroxylation is 2. The first-order chi connectivity index (χ1) is 13.0. The number of benzene rings is 1. The number of hydrogen-bond donors (Lipinski definition) is 1. The highest BCUT2D eigenvalue weighted by Crippen LogP contribution is 2.35. The van der Waals surface area contributed by atoms with E-state index in [9.17, 15) is 9.90 Å². The van der Waals surface area contributed by atoms with Crippen LogP contribution in [0.25, 0.3) is 27.8 Å². The van der Waals surface area contributed by atoms with E-state index in [1.54, 1.807) is 15.4 Å². The first-order valence-corrected chi connectivity index (χ1v) is 9.01. The minimum absolute atomic E-state index is 0.539. The molecule has 0 bridgehead atoms. The molecule has 0 amide bonds. The van der Waals surface area contributed by atoms with Gasteiger partial charge in [-0.15, -0.1) is 0 Å². The van der Waals surface area contributed by atoms with Crippen LogP contribution in [-0.2, 0) is 11.8 Å². The topological polar surface area (TPSA) is 85.3 Å². The SMILES string of the molecule is CCCC(C(=O)O)c1c(C)nc2c3ccccc3nn2c1-c1cnn(C)c1. The van der Waals surface area contributed by atoms with Crippen molar-refractivity contribution in [2.45, 2.75) is 32.6 Å². The molecule has 3 aromatic heterocycles. The standard InChI is InChI=1S/C20H21N5O2/c1-4-7-15(20(26)27)17-12(2)22-19-14-8-5-6-9-16(14)23-25(19)18(17)13-10-21-24(3)11-13/h5-6,8-11,15H,4,7H2,1-3H3,(H,26,27). The molecule has 138 valence electrons. The lowest BCUT2D eigenvalue weighted by molar-refractivity contribution is -0.139. The summed E-state index contributed by atoms with van der Waals surface area (Å²) in [5.41, 5.74) is 4.56. The number of carboxylic acid groups (broad SMARTS) is 1. The molecule has 1 atom stereocenters. The summed E-state index contributed by atoms with van der Waals surface area (Å²) >= 11 is 0. The lowest BCUT2D eigenvalue weighted by Gasteiger charge is -2.19. The summed E-state index contributed by atoms with van der Waals surface area (Å²) in [5.74, 6) is -1.49. The Hall–Kier alpha value is -3.22. The molecule has 7 heteroatoms. The Morgan fingerprint density at radius 2 is 2.07 bits per heavy atom. The van der Waals surface area contributed by atoms with Crippen LogP contribution in [0.4, 0.5) is 0 Å². The zero-order valence-corrected chi connectivity index (χ0v) is 15.5. The van der Waals surface area contributed by atoms with Crippen molar-refractivity contribution >= 4 is 22.5 Å². The maximum Gasteiger partial charge on any atom is 0.311 e. The number of aliphatic carboxylic acids is 1. The smallest absolute Gasteiger partial charge is 0.311 e. The minimum Gasteiger partial charge on any atom is -0.481 e. The summed E-state index contributed by atoms with van der Waals surface area (Å²) in [4.78, 5) is 16.8. The molecular weight excluding hydrogens is 342 g/mol. The van der Waals surface area contributed by atoms with Crippen LogP contribution in [0.3, 0.4) is 0 Å². The number of carbonyl (C=O) groups is 1. The van der Waals surface area contributed by atoms with Crippen molar-refractivity contribution in [1.82, 2.24) is 24.4 Å². The number of carboxylic acids is 1. The summed E-state index contributed by atoms with van der Waals surface area (Å²) in [6.45, 7) is 3.87. The van der Waals surface area contributed by atoms with E-state index in [4.69, 9.17) is 10.1 Å². The third kappa shape index (κ3) is 2.75. The van der Waals surface area contributed by atoms with Crippen molar-refractivity contribution in [2.75, 3.05) is 0 Å². The second kappa shape index (κ2) is 6.50. The van der Waals surface area contributed by atoms with Crippen molar-refractivity contribution in [3.63, 3.8) is 0 Å². The lowest BCUT2D eigenvalue weighted by atomic mass is 9.90. The van der Waals surface area contributed by atoms with E-state index >= 15 is 0 Å². The fraction of sp³-hybridized carbons (Fsp3) is 0.300. The van der Waals surface area contributed by atoms with E-state index in [1.807, 2.05) is 51.4 Å². The molecule has 3 heterocycles. The number of fused-ring (bicyclic) bond motifs is 3. The predicted octanol–water partition coefficient (Wildman–Crippen LogP) is 3.56. The molecule has 7 nitrogen and oxygen atoms in total. The Balaban J connectivity index is 2.14. The highest BCUT2D eigenvalue weighted by Gasteiger charge is 2.29. The fourth-order valence-electron chi connectivity index (χ4n) is 3.71. The van der Waals surface area contributed by atoms with Gasteiger partial charge in [-0.2, -0.15) is 10.2 Å². The summed E-state index contributed by atoms with van der Waals surface area (Å²) < 4.78 is 3.48. The molecule has 0 aliphatic rings. The van der Waals surface area contributed by atoms with Crippen molar-refractivity contribution in [3.8, 4) is 11.3 Å². The van der Waals surface area contributed by atoms with Crippen molar-refractivity contribution in [2.24, 2.45) is 7.05 Å². The van der Waals surface area contributed by atoms with E-state index in [-0.39, 0.29) is 0 Å². The van der Waals surface area contributed by atoms with Crippen molar-refractivity contribution in [1.29, 1.82) is 0 Å². The molecule has 0 saturated heterocycles. The zero-order valence-electron chi connectivity index (χ0n) is 15.5. The molecule has 1 N–H and O–H groups in total. The molecule has 4 rings (SSSR count). The Bertz CT molecular complexity index is 1160. The second-order valence-electron chi connectivity index (χ2n) is 6.79. The number of hydrogen-bond acceptors (Lipinski definition) is 4. The third-order valence-corrected chi connectivity index (χ3v) is 4.89. The summed E-state index contributed by atoms with van der Waals surface area (Å²) in [5, 5.41) is 19.8. The Morgan fingerprint density at radius 3 is 2.74 bits per heavy atom. The molecule has 4 aromatic rings. The zero-order chi connectivity index (χ0) is 19.1. The van der Waals surface area contributed by atoms with Crippen LogP contribution in [0.5, 0.6) is 0 Å². The molecule has 0 radical (unpaired) electrons. The first kappa shape index (κ1) is 17.2. The van der Waals surface area contributed by atoms with Gasteiger partial charge >= 0.3 is 5.97 Å². The molecule has 1 aromatic carbocycles. The number of rotatable bonds is 5. The van der Waals surface area contributed by atoms with Crippen LogP contribution >= 0.6 is 0 Å². The van der Waals surface area contributed by atoms with Gasteiger partial charge in [0.1, 0.15) is 0 Å². The van der Waals surface area contributed by atoms with E-state index in [0.717, 1.165) is 34.2 Å². The van der Waals surface area contributed by atoms with E-state index in [2.05, 4.69) is 5.10 Å². The van der Waals surface area contributed by atoms with Gasteiger partial charge in [0.2, 0.25) is 0 Å². The van der Waals surface area contributed by atoms with Gasteiger partial charge in [-0.25, -0.2) is 9.50 Å². The lowest BCUT2D eigenvalue weighted by Crippen LogP contribution is -2.17. The summed E-state index contributed by atoms with van der Waals surface area (Å²) in [6, 6.07) is 7.81. The average molecular weight is 363 g/mol. The Labute approximate surface area is 156 Å². The van der Waals surface area contributed by atoms with Crippen LogP contribution in [0.15, 0.2) is 36.7 Å². The largest absolute Gasteiger partial charge is 0.481 e. The van der Waals surface area contributed by atoms with Crippen molar-refractivity contribution < 1.29 is 9.90 Å². The quantitative estimate of drug-likeness (QED) is 0.586. The van der Waals surface area contributed by atoms with Crippen LogP contribution in [-0.4, -0.2) is 35.5 Å². The molecule has 0 spiro atoms. The van der Waals surface area contributed by atoms with Gasteiger partial charge in [-0.1, -0.05) is 25.5 Å². The molecule has 0 fully saturated rings. The molecule has 0 aliphatic heterocycles. The van der Waals surface area contributed by atoms with Crippen LogP contribution < -0.4 is 0 Å². The molecule has 27 heavy (non-hydrogen) atoms. The third-order valence-electron chi connectivity index (χ3n) is 4.89. The van der Waals surface area contributed by atoms with Crippen LogP contribution in [0, 0.1) is 6.92 Å². The highest BCUT2D eigenvalue weighted by atomic mass is 16.4.